The first-order chi connectivity index (χ1) is 14.3. The van der Waals surface area contributed by atoms with Gasteiger partial charge >= 0.3 is 6.03 Å². The first-order valence-corrected chi connectivity index (χ1v) is 10.1. The van der Waals surface area contributed by atoms with Gasteiger partial charge in [-0.05, 0) is 38.6 Å². The third-order valence-corrected chi connectivity index (χ3v) is 5.96. The van der Waals surface area contributed by atoms with Gasteiger partial charge in [0.1, 0.15) is 11.6 Å². The van der Waals surface area contributed by atoms with Gasteiger partial charge in [-0.2, -0.15) is 0 Å². The van der Waals surface area contributed by atoms with E-state index in [1.165, 1.54) is 12.1 Å². The smallest absolute Gasteiger partial charge is 0.315 e. The number of rotatable bonds is 4. The standard InChI is InChI=1S/C20H25F2N5O3/c1-26-5-4-11(8-26)23-20(30)24-12-9-27(10-12)13-6-15(21)18(16(22)7-13)14-2-3-17(28)25-19(14)29/h6-7,11-12,14H,2-5,8-10H2,1H3,(H2,23,24,30)(H,25,28,29). The van der Waals surface area contributed by atoms with Gasteiger partial charge in [-0.25, -0.2) is 13.6 Å². The highest BCUT2D eigenvalue weighted by Gasteiger charge is 2.34. The summed E-state index contributed by atoms with van der Waals surface area (Å²) < 4.78 is 29.3. The van der Waals surface area contributed by atoms with Gasteiger partial charge in [0.2, 0.25) is 11.8 Å². The molecule has 162 valence electrons. The first-order valence-electron chi connectivity index (χ1n) is 10.1. The minimum atomic E-state index is -1.01. The molecule has 3 saturated heterocycles. The molecule has 3 aliphatic rings. The number of likely N-dealkylation sites (N-methyl/N-ethyl adjacent to an activating group) is 1. The fraction of sp³-hybridized carbons (Fsp3) is 0.550. The lowest BCUT2D eigenvalue weighted by atomic mass is 9.89. The first kappa shape index (κ1) is 20.5. The van der Waals surface area contributed by atoms with Crippen LogP contribution in [0.5, 0.6) is 0 Å². The third kappa shape index (κ3) is 4.23. The van der Waals surface area contributed by atoms with Gasteiger partial charge in [0.15, 0.2) is 0 Å². The highest BCUT2D eigenvalue weighted by molar-refractivity contribution is 6.01. The van der Waals surface area contributed by atoms with Crippen molar-refractivity contribution in [1.82, 2.24) is 20.9 Å². The second-order valence-electron chi connectivity index (χ2n) is 8.29. The van der Waals surface area contributed by atoms with Crippen LogP contribution in [0.3, 0.4) is 0 Å². The predicted molar refractivity (Wildman–Crippen MR) is 105 cm³/mol. The van der Waals surface area contributed by atoms with Gasteiger partial charge in [-0.1, -0.05) is 0 Å². The zero-order valence-corrected chi connectivity index (χ0v) is 16.7. The predicted octanol–water partition coefficient (Wildman–Crippen LogP) is 0.677. The molecule has 2 unspecified atom stereocenters. The Morgan fingerprint density at radius 1 is 1.07 bits per heavy atom. The lowest BCUT2D eigenvalue weighted by Crippen LogP contribution is -2.61. The van der Waals surface area contributed by atoms with Crippen molar-refractivity contribution < 1.29 is 23.2 Å². The summed E-state index contributed by atoms with van der Waals surface area (Å²) in [5.74, 6) is -3.74. The van der Waals surface area contributed by atoms with Crippen LogP contribution >= 0.6 is 0 Å². The van der Waals surface area contributed by atoms with Gasteiger partial charge in [-0.3, -0.25) is 14.9 Å². The van der Waals surface area contributed by atoms with Crippen LogP contribution in [0.2, 0.25) is 0 Å². The van der Waals surface area contributed by atoms with Crippen molar-refractivity contribution in [1.29, 1.82) is 0 Å². The molecule has 0 bridgehead atoms. The molecule has 3 N–H and O–H groups in total. The Morgan fingerprint density at radius 2 is 1.73 bits per heavy atom. The number of hydrogen-bond acceptors (Lipinski definition) is 5. The average molecular weight is 421 g/mol. The molecule has 0 radical (unpaired) electrons. The molecule has 0 saturated carbocycles. The Morgan fingerprint density at radius 3 is 2.33 bits per heavy atom. The molecule has 10 heteroatoms. The molecule has 4 rings (SSSR count). The number of halogens is 2. The van der Waals surface area contributed by atoms with Crippen LogP contribution in [0, 0.1) is 11.6 Å². The molecule has 0 spiro atoms. The van der Waals surface area contributed by atoms with Gasteiger partial charge in [0.25, 0.3) is 0 Å². The molecule has 1 aromatic rings. The number of carbonyl (C=O) groups excluding carboxylic acids is 3. The summed E-state index contributed by atoms with van der Waals surface area (Å²) in [4.78, 5) is 39.2. The maximum atomic E-state index is 14.6. The molecule has 30 heavy (non-hydrogen) atoms. The number of piperidine rings is 1. The van der Waals surface area contributed by atoms with Crippen LogP contribution in [-0.2, 0) is 9.59 Å². The van der Waals surface area contributed by atoms with E-state index < -0.39 is 29.4 Å². The summed E-state index contributed by atoms with van der Waals surface area (Å²) in [6.07, 6.45) is 1.05. The van der Waals surface area contributed by atoms with E-state index in [0.717, 1.165) is 19.5 Å². The van der Waals surface area contributed by atoms with Crippen molar-refractivity contribution >= 4 is 23.5 Å². The molecule has 8 nitrogen and oxygen atoms in total. The highest BCUT2D eigenvalue weighted by atomic mass is 19.1. The summed E-state index contributed by atoms with van der Waals surface area (Å²) in [7, 11) is 2.01. The topological polar surface area (TPSA) is 93.8 Å². The SMILES string of the molecule is CN1CCC(NC(=O)NC2CN(c3cc(F)c(C4CCC(=O)NC4=O)c(F)c3)C2)C1. The van der Waals surface area contributed by atoms with Crippen LogP contribution < -0.4 is 20.9 Å². The second-order valence-corrected chi connectivity index (χ2v) is 8.29. The van der Waals surface area contributed by atoms with E-state index in [0.29, 0.717) is 18.8 Å². The van der Waals surface area contributed by atoms with Crippen molar-refractivity contribution in [3.63, 3.8) is 0 Å². The third-order valence-electron chi connectivity index (χ3n) is 5.96. The van der Waals surface area contributed by atoms with Crippen LogP contribution in [0.25, 0.3) is 0 Å². The zero-order chi connectivity index (χ0) is 21.4. The largest absolute Gasteiger partial charge is 0.367 e. The molecule has 0 aromatic heterocycles. The fourth-order valence-corrected chi connectivity index (χ4v) is 4.30. The van der Waals surface area contributed by atoms with Crippen LogP contribution in [-0.4, -0.2) is 68.1 Å². The number of imide groups is 1. The number of amides is 4. The summed E-state index contributed by atoms with van der Waals surface area (Å²) in [5, 5.41) is 7.94. The van der Waals surface area contributed by atoms with Gasteiger partial charge in [0, 0.05) is 43.3 Å². The summed E-state index contributed by atoms with van der Waals surface area (Å²) in [5.41, 5.74) is 0.0526. The van der Waals surface area contributed by atoms with Crippen LogP contribution in [0.1, 0.15) is 30.7 Å². The number of nitrogens with zero attached hydrogens (tertiary/aromatic N) is 2. The van der Waals surface area contributed by atoms with E-state index >= 15 is 0 Å². The molecular weight excluding hydrogens is 396 g/mol. The van der Waals surface area contributed by atoms with Gasteiger partial charge in [-0.15, -0.1) is 0 Å². The Balaban J connectivity index is 1.33. The molecule has 4 amide bonds. The molecule has 3 fully saturated rings. The van der Waals surface area contributed by atoms with E-state index in [2.05, 4.69) is 20.9 Å². The maximum absolute atomic E-state index is 14.6. The monoisotopic (exact) mass is 421 g/mol. The van der Waals surface area contributed by atoms with Crippen molar-refractivity contribution in [2.24, 2.45) is 0 Å². The average Bonchev–Trinajstić information content (AvgIpc) is 3.03. The minimum Gasteiger partial charge on any atom is -0.367 e. The minimum absolute atomic E-state index is 0.0513. The van der Waals surface area contributed by atoms with Crippen molar-refractivity contribution in [3.05, 3.63) is 29.3 Å². The lowest BCUT2D eigenvalue weighted by molar-refractivity contribution is -0.134. The number of urea groups is 1. The molecule has 3 aliphatic heterocycles. The van der Waals surface area contributed by atoms with E-state index in [1.807, 2.05) is 7.05 Å². The lowest BCUT2D eigenvalue weighted by Gasteiger charge is -2.41. The number of likely N-dealkylation sites (tertiary alicyclic amines) is 1. The van der Waals surface area contributed by atoms with E-state index in [-0.39, 0.29) is 36.5 Å². The van der Waals surface area contributed by atoms with Crippen LogP contribution in [0.15, 0.2) is 12.1 Å². The second kappa shape index (κ2) is 8.17. The Labute approximate surface area is 173 Å². The Kier molecular flexibility index (Phi) is 5.59. The molecule has 2 atom stereocenters. The fourth-order valence-electron chi connectivity index (χ4n) is 4.30. The highest BCUT2D eigenvalue weighted by Crippen LogP contribution is 2.33. The summed E-state index contributed by atoms with van der Waals surface area (Å²) in [6.45, 7) is 2.65. The summed E-state index contributed by atoms with van der Waals surface area (Å²) >= 11 is 0. The van der Waals surface area contributed by atoms with Gasteiger partial charge in [0.05, 0.1) is 12.0 Å². The zero-order valence-electron chi connectivity index (χ0n) is 16.7. The van der Waals surface area contributed by atoms with E-state index in [1.54, 1.807) is 4.90 Å². The van der Waals surface area contributed by atoms with Crippen molar-refractivity contribution in [2.75, 3.05) is 38.1 Å². The number of anilines is 1. The number of carbonyl (C=O) groups is 3. The van der Waals surface area contributed by atoms with Crippen LogP contribution in [0.4, 0.5) is 19.3 Å². The van der Waals surface area contributed by atoms with Crippen molar-refractivity contribution in [3.8, 4) is 0 Å². The number of hydrogen-bond donors (Lipinski definition) is 3. The van der Waals surface area contributed by atoms with Gasteiger partial charge < -0.3 is 20.4 Å². The Bertz CT molecular complexity index is 851. The molecule has 1 aromatic carbocycles. The number of benzene rings is 1. The normalized spacial score (nSPS) is 25.1. The maximum Gasteiger partial charge on any atom is 0.315 e. The molecule has 0 aliphatic carbocycles. The Hall–Kier alpha value is -2.75. The number of nitrogens with one attached hydrogen (secondary N) is 3. The van der Waals surface area contributed by atoms with E-state index in [4.69, 9.17) is 0 Å². The van der Waals surface area contributed by atoms with E-state index in [9.17, 15) is 23.2 Å². The summed E-state index contributed by atoms with van der Waals surface area (Å²) in [6, 6.07) is 2.20. The van der Waals surface area contributed by atoms with Crippen molar-refractivity contribution in [2.45, 2.75) is 37.3 Å². The quantitative estimate of drug-likeness (QED) is 0.622. The molecule has 3 heterocycles. The molecular formula is C20H25F2N5O3.